The monoisotopic (exact) mass is 307 g/mol. The minimum Gasteiger partial charge on any atom is -0.478 e. The SMILES string of the molecule is CCc1nccn1Cc1ccc(-c2ccccc2C(=O)O)nc1. The largest absolute Gasteiger partial charge is 0.478 e. The summed E-state index contributed by atoms with van der Waals surface area (Å²) >= 11 is 0. The molecule has 2 aromatic heterocycles. The minimum absolute atomic E-state index is 0.260. The van der Waals surface area contributed by atoms with E-state index in [1.54, 1.807) is 30.6 Å². The number of carboxylic acids is 1. The van der Waals surface area contributed by atoms with Gasteiger partial charge in [0.05, 0.1) is 17.8 Å². The number of hydrogen-bond donors (Lipinski definition) is 1. The molecule has 0 aliphatic carbocycles. The van der Waals surface area contributed by atoms with Gasteiger partial charge in [0.1, 0.15) is 5.82 Å². The molecule has 3 rings (SSSR count). The van der Waals surface area contributed by atoms with Crippen LogP contribution in [0.1, 0.15) is 28.7 Å². The summed E-state index contributed by atoms with van der Waals surface area (Å²) in [5, 5.41) is 9.27. The first-order valence-electron chi connectivity index (χ1n) is 7.46. The predicted molar refractivity (Wildman–Crippen MR) is 87.3 cm³/mol. The molecule has 0 radical (unpaired) electrons. The van der Waals surface area contributed by atoms with Crippen molar-refractivity contribution in [3.05, 3.63) is 71.9 Å². The molecule has 1 aromatic carbocycles. The highest BCUT2D eigenvalue weighted by Crippen LogP contribution is 2.22. The van der Waals surface area contributed by atoms with E-state index in [1.165, 1.54) is 0 Å². The van der Waals surface area contributed by atoms with Crippen molar-refractivity contribution < 1.29 is 9.90 Å². The van der Waals surface area contributed by atoms with Crippen LogP contribution in [0.3, 0.4) is 0 Å². The van der Waals surface area contributed by atoms with Crippen LogP contribution in [-0.2, 0) is 13.0 Å². The maximum atomic E-state index is 11.3. The molecule has 2 heterocycles. The molecule has 116 valence electrons. The van der Waals surface area contributed by atoms with Gasteiger partial charge in [0.2, 0.25) is 0 Å². The number of rotatable bonds is 5. The number of carbonyl (C=O) groups is 1. The van der Waals surface area contributed by atoms with E-state index in [9.17, 15) is 9.90 Å². The van der Waals surface area contributed by atoms with Crippen molar-refractivity contribution in [1.29, 1.82) is 0 Å². The van der Waals surface area contributed by atoms with Crippen molar-refractivity contribution in [3.63, 3.8) is 0 Å². The number of aromatic carboxylic acids is 1. The lowest BCUT2D eigenvalue weighted by Gasteiger charge is -2.08. The minimum atomic E-state index is -0.947. The Morgan fingerprint density at radius 1 is 1.17 bits per heavy atom. The highest BCUT2D eigenvalue weighted by atomic mass is 16.4. The van der Waals surface area contributed by atoms with Crippen LogP contribution in [0.4, 0.5) is 0 Å². The molecule has 0 aliphatic heterocycles. The number of aromatic nitrogens is 3. The number of pyridine rings is 1. The summed E-state index contributed by atoms with van der Waals surface area (Å²) in [5.74, 6) is 0.0859. The van der Waals surface area contributed by atoms with Crippen LogP contribution in [0.25, 0.3) is 11.3 Å². The third kappa shape index (κ3) is 3.13. The second-order valence-corrected chi connectivity index (χ2v) is 5.23. The number of benzene rings is 1. The maximum Gasteiger partial charge on any atom is 0.336 e. The summed E-state index contributed by atoms with van der Waals surface area (Å²) in [7, 11) is 0. The van der Waals surface area contributed by atoms with Gasteiger partial charge in [-0.2, -0.15) is 0 Å². The molecule has 0 saturated heterocycles. The summed E-state index contributed by atoms with van der Waals surface area (Å²) in [4.78, 5) is 20.0. The third-order valence-corrected chi connectivity index (χ3v) is 3.73. The van der Waals surface area contributed by atoms with Crippen LogP contribution in [0, 0.1) is 0 Å². The molecular weight excluding hydrogens is 290 g/mol. The highest BCUT2D eigenvalue weighted by molar-refractivity contribution is 5.95. The molecule has 0 saturated carbocycles. The predicted octanol–water partition coefficient (Wildman–Crippen LogP) is 3.25. The van der Waals surface area contributed by atoms with Crippen LogP contribution >= 0.6 is 0 Å². The summed E-state index contributed by atoms with van der Waals surface area (Å²) in [6.07, 6.45) is 6.41. The van der Waals surface area contributed by atoms with E-state index >= 15 is 0 Å². The fourth-order valence-electron chi connectivity index (χ4n) is 2.57. The standard InChI is InChI=1S/C18H17N3O2/c1-2-17-19-9-10-21(17)12-13-7-8-16(20-11-13)14-5-3-4-6-15(14)18(22)23/h3-11H,2,12H2,1H3,(H,22,23). The molecule has 0 spiro atoms. The van der Waals surface area contributed by atoms with Gasteiger partial charge < -0.3 is 9.67 Å². The molecule has 0 unspecified atom stereocenters. The van der Waals surface area contributed by atoms with Crippen molar-refractivity contribution >= 4 is 5.97 Å². The van der Waals surface area contributed by atoms with Gasteiger partial charge in [-0.1, -0.05) is 31.2 Å². The number of nitrogens with zero attached hydrogens (tertiary/aromatic N) is 3. The van der Waals surface area contributed by atoms with Gasteiger partial charge in [-0.3, -0.25) is 4.98 Å². The Morgan fingerprint density at radius 2 is 2.00 bits per heavy atom. The van der Waals surface area contributed by atoms with Gasteiger partial charge in [0.15, 0.2) is 0 Å². The molecule has 23 heavy (non-hydrogen) atoms. The van der Waals surface area contributed by atoms with Crippen molar-refractivity contribution in [2.75, 3.05) is 0 Å². The molecule has 5 heteroatoms. The molecule has 0 bridgehead atoms. The lowest BCUT2D eigenvalue weighted by Crippen LogP contribution is -2.04. The first-order valence-corrected chi connectivity index (χ1v) is 7.46. The number of aryl methyl sites for hydroxylation is 1. The lowest BCUT2D eigenvalue weighted by atomic mass is 10.0. The molecule has 5 nitrogen and oxygen atoms in total. The van der Waals surface area contributed by atoms with Crippen LogP contribution in [-0.4, -0.2) is 25.6 Å². The fraction of sp³-hybridized carbons (Fsp3) is 0.167. The average molecular weight is 307 g/mol. The summed E-state index contributed by atoms with van der Waals surface area (Å²) in [5.41, 5.74) is 2.60. The van der Waals surface area contributed by atoms with E-state index in [0.29, 0.717) is 17.8 Å². The van der Waals surface area contributed by atoms with E-state index in [2.05, 4.69) is 21.5 Å². The number of imidazole rings is 1. The quantitative estimate of drug-likeness (QED) is 0.785. The zero-order valence-corrected chi connectivity index (χ0v) is 12.8. The normalized spacial score (nSPS) is 10.7. The fourth-order valence-corrected chi connectivity index (χ4v) is 2.57. The van der Waals surface area contributed by atoms with Gasteiger partial charge in [0, 0.05) is 30.6 Å². The van der Waals surface area contributed by atoms with E-state index in [1.807, 2.05) is 24.4 Å². The van der Waals surface area contributed by atoms with Crippen LogP contribution in [0.15, 0.2) is 55.0 Å². The first-order chi connectivity index (χ1) is 11.2. The van der Waals surface area contributed by atoms with E-state index in [0.717, 1.165) is 17.8 Å². The van der Waals surface area contributed by atoms with E-state index < -0.39 is 5.97 Å². The summed E-state index contributed by atoms with van der Waals surface area (Å²) in [6.45, 7) is 2.78. The Kier molecular flexibility index (Phi) is 4.19. The third-order valence-electron chi connectivity index (χ3n) is 3.73. The Morgan fingerprint density at radius 3 is 2.70 bits per heavy atom. The first kappa shape index (κ1) is 15.0. The topological polar surface area (TPSA) is 68.0 Å². The molecule has 1 N–H and O–H groups in total. The van der Waals surface area contributed by atoms with Gasteiger partial charge in [-0.25, -0.2) is 9.78 Å². The molecule has 0 atom stereocenters. The Balaban J connectivity index is 1.87. The second kappa shape index (κ2) is 6.44. The highest BCUT2D eigenvalue weighted by Gasteiger charge is 2.11. The van der Waals surface area contributed by atoms with Gasteiger partial charge >= 0.3 is 5.97 Å². The van der Waals surface area contributed by atoms with Crippen molar-refractivity contribution in [1.82, 2.24) is 14.5 Å². The Labute approximate surface area is 134 Å². The zero-order valence-electron chi connectivity index (χ0n) is 12.8. The van der Waals surface area contributed by atoms with Crippen LogP contribution < -0.4 is 0 Å². The lowest BCUT2D eigenvalue weighted by molar-refractivity contribution is 0.0697. The van der Waals surface area contributed by atoms with Crippen molar-refractivity contribution in [2.24, 2.45) is 0 Å². The van der Waals surface area contributed by atoms with Gasteiger partial charge in [-0.05, 0) is 17.7 Å². The second-order valence-electron chi connectivity index (χ2n) is 5.23. The molecule has 3 aromatic rings. The average Bonchev–Trinajstić information content (AvgIpc) is 3.02. The van der Waals surface area contributed by atoms with E-state index in [-0.39, 0.29) is 5.56 Å². The zero-order chi connectivity index (χ0) is 16.2. The van der Waals surface area contributed by atoms with Crippen LogP contribution in [0.2, 0.25) is 0 Å². The molecule has 0 fully saturated rings. The molecule has 0 aliphatic rings. The van der Waals surface area contributed by atoms with E-state index in [4.69, 9.17) is 0 Å². The number of carboxylic acid groups (broad SMARTS) is 1. The van der Waals surface area contributed by atoms with Gasteiger partial charge in [0.25, 0.3) is 0 Å². The summed E-state index contributed by atoms with van der Waals surface area (Å²) in [6, 6.07) is 10.7. The van der Waals surface area contributed by atoms with Crippen LogP contribution in [0.5, 0.6) is 0 Å². The number of hydrogen-bond acceptors (Lipinski definition) is 3. The smallest absolute Gasteiger partial charge is 0.336 e. The molecular formula is C18H17N3O2. The molecule has 0 amide bonds. The Hall–Kier alpha value is -2.95. The summed E-state index contributed by atoms with van der Waals surface area (Å²) < 4.78 is 2.09. The van der Waals surface area contributed by atoms with Crippen molar-refractivity contribution in [3.8, 4) is 11.3 Å². The van der Waals surface area contributed by atoms with Crippen molar-refractivity contribution in [2.45, 2.75) is 19.9 Å². The Bertz CT molecular complexity index is 822. The maximum absolute atomic E-state index is 11.3. The van der Waals surface area contributed by atoms with Gasteiger partial charge in [-0.15, -0.1) is 0 Å².